The highest BCUT2D eigenvalue weighted by Crippen LogP contribution is 2.48. The molecule has 0 unspecified atom stereocenters. The second kappa shape index (κ2) is 11.5. The van der Waals surface area contributed by atoms with Gasteiger partial charge in [0.15, 0.2) is 0 Å². The monoisotopic (exact) mass is 575 g/mol. The van der Waals surface area contributed by atoms with Crippen LogP contribution in [0.25, 0.3) is 17.2 Å². The van der Waals surface area contributed by atoms with Gasteiger partial charge in [-0.05, 0) is 119 Å². The molecule has 1 aliphatic heterocycles. The van der Waals surface area contributed by atoms with Crippen LogP contribution in [0.1, 0.15) is 87.3 Å². The summed E-state index contributed by atoms with van der Waals surface area (Å²) in [4.78, 5) is 14.0. The zero-order valence-electron chi connectivity index (χ0n) is 23.3. The van der Waals surface area contributed by atoms with Crippen molar-refractivity contribution in [1.29, 1.82) is 0 Å². The Morgan fingerprint density at radius 3 is 2.36 bits per heavy atom. The lowest BCUT2D eigenvalue weighted by molar-refractivity contribution is -0.137. The molecule has 2 fully saturated rings. The quantitative estimate of drug-likeness (QED) is 0.273. The third-order valence-electron chi connectivity index (χ3n) is 8.55. The van der Waals surface area contributed by atoms with E-state index < -0.39 is 17.7 Å². The molecule has 2 aliphatic carbocycles. The minimum Gasteiger partial charge on any atom is -0.478 e. The predicted octanol–water partition coefficient (Wildman–Crippen LogP) is 8.64. The topological polar surface area (TPSA) is 40.5 Å². The van der Waals surface area contributed by atoms with Crippen LogP contribution in [0.2, 0.25) is 0 Å². The van der Waals surface area contributed by atoms with E-state index in [0.717, 1.165) is 83.4 Å². The molecule has 0 amide bonds. The lowest BCUT2D eigenvalue weighted by Crippen LogP contribution is -2.40. The smallest absolute Gasteiger partial charge is 0.416 e. The van der Waals surface area contributed by atoms with E-state index in [1.807, 2.05) is 6.07 Å². The highest BCUT2D eigenvalue weighted by molar-refractivity contribution is 6.01. The average molecular weight is 576 g/mol. The number of benzene rings is 3. The van der Waals surface area contributed by atoms with E-state index in [0.29, 0.717) is 19.3 Å². The number of carboxylic acids is 1. The van der Waals surface area contributed by atoms with E-state index in [1.54, 1.807) is 18.2 Å². The van der Waals surface area contributed by atoms with Crippen molar-refractivity contribution in [2.24, 2.45) is 0 Å². The zero-order chi connectivity index (χ0) is 29.4. The van der Waals surface area contributed by atoms with Crippen LogP contribution in [0.15, 0.2) is 66.2 Å². The molecule has 1 N–H and O–H groups in total. The molecule has 3 nitrogen and oxygen atoms in total. The number of nitrogens with zero attached hydrogens (tertiary/aromatic N) is 1. The van der Waals surface area contributed by atoms with Gasteiger partial charge in [-0.25, -0.2) is 4.79 Å². The summed E-state index contributed by atoms with van der Waals surface area (Å²) in [5, 5.41) is 9.62. The van der Waals surface area contributed by atoms with Crippen LogP contribution in [-0.4, -0.2) is 42.3 Å². The van der Waals surface area contributed by atoms with Gasteiger partial charge in [-0.1, -0.05) is 42.5 Å². The highest BCUT2D eigenvalue weighted by Gasteiger charge is 2.35. The second-order valence-electron chi connectivity index (χ2n) is 11.6. The number of hydrogen-bond donors (Lipinski definition) is 1. The fourth-order valence-electron chi connectivity index (χ4n) is 6.31. The molecule has 1 saturated carbocycles. The lowest BCUT2D eigenvalue weighted by Gasteiger charge is -2.33. The Bertz CT molecular complexity index is 1560. The Morgan fingerprint density at radius 2 is 1.69 bits per heavy atom. The van der Waals surface area contributed by atoms with Gasteiger partial charge in [0.1, 0.15) is 0 Å². The molecule has 3 aromatic carbocycles. The SMILES string of the molecule is O=C(O)c1ccc2c(c1)CCCC(c1ccc(C(F)(F)F)cc1C1CC1)=C2c1ccc(C=C2CN(CCCF)C2)cc1. The summed E-state index contributed by atoms with van der Waals surface area (Å²) in [6.45, 7) is 2.14. The number of alkyl halides is 4. The van der Waals surface area contributed by atoms with Crippen molar-refractivity contribution in [1.82, 2.24) is 4.90 Å². The Hall–Kier alpha value is -3.71. The highest BCUT2D eigenvalue weighted by atomic mass is 19.4. The van der Waals surface area contributed by atoms with Gasteiger partial charge in [-0.15, -0.1) is 0 Å². The first-order chi connectivity index (χ1) is 20.2. The molecule has 0 bridgehead atoms. The van der Waals surface area contributed by atoms with Crippen LogP contribution in [0, 0.1) is 0 Å². The van der Waals surface area contributed by atoms with Gasteiger partial charge >= 0.3 is 12.1 Å². The summed E-state index contributed by atoms with van der Waals surface area (Å²) >= 11 is 0. The first-order valence-corrected chi connectivity index (χ1v) is 14.6. The van der Waals surface area contributed by atoms with Gasteiger partial charge in [-0.2, -0.15) is 13.2 Å². The lowest BCUT2D eigenvalue weighted by atomic mass is 9.84. The molecule has 0 aromatic heterocycles. The molecule has 1 heterocycles. The van der Waals surface area contributed by atoms with Gasteiger partial charge in [0.25, 0.3) is 0 Å². The Kier molecular flexibility index (Phi) is 7.79. The number of carboxylic acid groups (broad SMARTS) is 1. The van der Waals surface area contributed by atoms with Crippen molar-refractivity contribution < 1.29 is 27.5 Å². The van der Waals surface area contributed by atoms with Gasteiger partial charge in [-0.3, -0.25) is 9.29 Å². The van der Waals surface area contributed by atoms with E-state index in [1.165, 1.54) is 17.7 Å². The second-order valence-corrected chi connectivity index (χ2v) is 11.6. The number of allylic oxidation sites excluding steroid dienone is 1. The third-order valence-corrected chi connectivity index (χ3v) is 8.55. The van der Waals surface area contributed by atoms with Gasteiger partial charge in [0.2, 0.25) is 0 Å². The van der Waals surface area contributed by atoms with Crippen LogP contribution in [0.4, 0.5) is 17.6 Å². The zero-order valence-corrected chi connectivity index (χ0v) is 23.3. The molecule has 42 heavy (non-hydrogen) atoms. The van der Waals surface area contributed by atoms with Gasteiger partial charge < -0.3 is 5.11 Å². The van der Waals surface area contributed by atoms with Gasteiger partial charge in [0.05, 0.1) is 17.8 Å². The minimum atomic E-state index is -4.41. The van der Waals surface area contributed by atoms with Crippen molar-refractivity contribution in [3.63, 3.8) is 0 Å². The summed E-state index contributed by atoms with van der Waals surface area (Å²) < 4.78 is 53.5. The van der Waals surface area contributed by atoms with E-state index in [9.17, 15) is 27.5 Å². The summed E-state index contributed by atoms with van der Waals surface area (Å²) in [6, 6.07) is 17.6. The number of carbonyl (C=O) groups is 1. The predicted molar refractivity (Wildman–Crippen MR) is 157 cm³/mol. The van der Waals surface area contributed by atoms with Crippen LogP contribution >= 0.6 is 0 Å². The molecule has 6 rings (SSSR count). The Morgan fingerprint density at radius 1 is 0.952 bits per heavy atom. The van der Waals surface area contributed by atoms with E-state index in [-0.39, 0.29) is 18.2 Å². The standard InChI is InChI=1S/C35H33F4NO2/c36-15-2-16-40-20-23(21-40)17-22-5-7-25(8-6-22)33-29-13-11-27(34(41)42)18-26(29)3-1-4-31(33)30-14-12-28(35(37,38)39)19-32(30)24-9-10-24/h5-8,11-14,17-19,24H,1-4,9-10,15-16,20-21H2,(H,41,42). The minimum absolute atomic E-state index is 0.120. The van der Waals surface area contributed by atoms with Crippen molar-refractivity contribution in [2.45, 2.75) is 50.6 Å². The summed E-state index contributed by atoms with van der Waals surface area (Å²) in [7, 11) is 0. The fraction of sp³-hybridized carbons (Fsp3) is 0.343. The number of aryl methyl sites for hydroxylation is 1. The first-order valence-electron chi connectivity index (χ1n) is 14.6. The summed E-state index contributed by atoms with van der Waals surface area (Å²) in [5.41, 5.74) is 8.39. The molecule has 218 valence electrons. The number of aromatic carboxylic acids is 1. The molecule has 0 spiro atoms. The van der Waals surface area contributed by atoms with Crippen molar-refractivity contribution in [2.75, 3.05) is 26.3 Å². The molecule has 1 saturated heterocycles. The summed E-state index contributed by atoms with van der Waals surface area (Å²) in [6.07, 6.45) is 2.20. The Labute approximate surface area is 243 Å². The van der Waals surface area contributed by atoms with Crippen molar-refractivity contribution >= 4 is 23.2 Å². The molecule has 3 aliphatic rings. The molecular formula is C35H33F4NO2. The van der Waals surface area contributed by atoms with E-state index in [4.69, 9.17) is 0 Å². The molecular weight excluding hydrogens is 542 g/mol. The maximum Gasteiger partial charge on any atom is 0.416 e. The van der Waals surface area contributed by atoms with Crippen LogP contribution in [0.5, 0.6) is 0 Å². The summed E-state index contributed by atoms with van der Waals surface area (Å²) in [5.74, 6) is -0.864. The Balaban J connectivity index is 1.44. The molecule has 0 atom stereocenters. The first kappa shape index (κ1) is 28.4. The largest absolute Gasteiger partial charge is 0.478 e. The van der Waals surface area contributed by atoms with Crippen molar-refractivity contribution in [3.8, 4) is 0 Å². The molecule has 3 aromatic rings. The van der Waals surface area contributed by atoms with E-state index >= 15 is 0 Å². The van der Waals surface area contributed by atoms with Crippen LogP contribution in [-0.2, 0) is 12.6 Å². The molecule has 0 radical (unpaired) electrons. The van der Waals surface area contributed by atoms with Crippen LogP contribution < -0.4 is 0 Å². The number of likely N-dealkylation sites (tertiary alicyclic amines) is 1. The van der Waals surface area contributed by atoms with E-state index in [2.05, 4.69) is 35.2 Å². The van der Waals surface area contributed by atoms with Crippen LogP contribution in [0.3, 0.4) is 0 Å². The number of hydrogen-bond acceptors (Lipinski definition) is 2. The maximum atomic E-state index is 13.7. The average Bonchev–Trinajstić information content (AvgIpc) is 3.80. The number of fused-ring (bicyclic) bond motifs is 1. The van der Waals surface area contributed by atoms with Crippen molar-refractivity contribution in [3.05, 3.63) is 111 Å². The fourth-order valence-corrected chi connectivity index (χ4v) is 6.31. The van der Waals surface area contributed by atoms with Gasteiger partial charge in [0, 0.05) is 19.6 Å². The maximum absolute atomic E-state index is 13.7. The number of rotatable bonds is 8. The molecule has 7 heteroatoms. The number of halogens is 4. The third kappa shape index (κ3) is 5.93. The normalized spacial score (nSPS) is 17.5.